The average Bonchev–Trinajstić information content (AvgIpc) is 3.19. The van der Waals surface area contributed by atoms with Crippen LogP contribution in [0.25, 0.3) is 11.2 Å². The van der Waals surface area contributed by atoms with Gasteiger partial charge in [-0.05, 0) is 31.0 Å². The van der Waals surface area contributed by atoms with E-state index in [0.29, 0.717) is 36.6 Å². The Kier molecular flexibility index (Phi) is 6.10. The molecule has 34 heavy (non-hydrogen) atoms. The van der Waals surface area contributed by atoms with E-state index in [1.807, 2.05) is 35.8 Å². The molecule has 2 heterocycles. The summed E-state index contributed by atoms with van der Waals surface area (Å²) in [5, 5.41) is 0. The number of fused-ring (bicyclic) bond motifs is 2. The molecule has 2 aliphatic rings. The van der Waals surface area contributed by atoms with E-state index < -0.39 is 13.0 Å². The summed E-state index contributed by atoms with van der Waals surface area (Å²) in [5.41, 5.74) is 7.92. The van der Waals surface area contributed by atoms with E-state index in [1.54, 1.807) is 20.1 Å². The van der Waals surface area contributed by atoms with Gasteiger partial charge >= 0.3 is 0 Å². The summed E-state index contributed by atoms with van der Waals surface area (Å²) in [5.74, 6) is 1.33. The van der Waals surface area contributed by atoms with E-state index in [4.69, 9.17) is 24.5 Å². The fourth-order valence-corrected chi connectivity index (χ4v) is 6.14. The zero-order chi connectivity index (χ0) is 23.9. The van der Waals surface area contributed by atoms with Crippen LogP contribution >= 0.6 is 7.37 Å². The third-order valence-corrected chi connectivity index (χ3v) is 8.14. The molecule has 0 aliphatic heterocycles. The number of hydrogen-bond donors (Lipinski definition) is 1. The summed E-state index contributed by atoms with van der Waals surface area (Å²) in [4.78, 5) is 12.9. The molecule has 2 aliphatic carbocycles. The number of methoxy groups -OCH3 is 1. The third-order valence-electron chi connectivity index (χ3n) is 6.74. The molecule has 2 saturated carbocycles. The SMILES string of the molecule is CCOP(C)(=O)CO[C@]12C[C@H](OCc3ccc(OC)cc3)[C@H](n3cnc4c(N)ncnc43)[C@H]1C2. The topological polar surface area (TPSA) is 124 Å². The Balaban J connectivity index is 1.39. The first-order chi connectivity index (χ1) is 16.4. The highest BCUT2D eigenvalue weighted by Gasteiger charge is 2.68. The van der Waals surface area contributed by atoms with Gasteiger partial charge < -0.3 is 29.0 Å². The maximum absolute atomic E-state index is 12.7. The van der Waals surface area contributed by atoms with Crippen LogP contribution in [-0.2, 0) is 25.2 Å². The Morgan fingerprint density at radius 3 is 2.74 bits per heavy atom. The number of aromatic nitrogens is 4. The molecule has 0 bridgehead atoms. The first-order valence-electron chi connectivity index (χ1n) is 11.4. The summed E-state index contributed by atoms with van der Waals surface area (Å²) in [6, 6.07) is 7.78. The first kappa shape index (κ1) is 23.2. The smallest absolute Gasteiger partial charge is 0.225 e. The number of hydrogen-bond acceptors (Lipinski definition) is 9. The molecule has 5 rings (SSSR count). The van der Waals surface area contributed by atoms with Crippen LogP contribution in [-0.4, -0.2) is 58.0 Å². The third kappa shape index (κ3) is 4.31. The molecule has 1 unspecified atom stereocenters. The fourth-order valence-electron chi connectivity index (χ4n) is 5.03. The van der Waals surface area contributed by atoms with Gasteiger partial charge in [0.15, 0.2) is 11.5 Å². The van der Waals surface area contributed by atoms with Gasteiger partial charge in [-0.3, -0.25) is 4.57 Å². The highest BCUT2D eigenvalue weighted by molar-refractivity contribution is 7.57. The summed E-state index contributed by atoms with van der Waals surface area (Å²) in [6.45, 7) is 4.30. The summed E-state index contributed by atoms with van der Waals surface area (Å²) < 4.78 is 38.1. The number of rotatable bonds is 10. The lowest BCUT2D eigenvalue weighted by atomic mass is 10.1. The lowest BCUT2D eigenvalue weighted by Crippen LogP contribution is -2.26. The van der Waals surface area contributed by atoms with Gasteiger partial charge in [-0.15, -0.1) is 0 Å². The number of anilines is 1. The van der Waals surface area contributed by atoms with Crippen LogP contribution in [0.3, 0.4) is 0 Å². The quantitative estimate of drug-likeness (QED) is 0.427. The Morgan fingerprint density at radius 1 is 1.21 bits per heavy atom. The number of ether oxygens (including phenoxy) is 3. The van der Waals surface area contributed by atoms with Crippen molar-refractivity contribution in [2.75, 3.05) is 32.5 Å². The van der Waals surface area contributed by atoms with Crippen LogP contribution in [0.1, 0.15) is 31.4 Å². The molecule has 2 aromatic heterocycles. The molecule has 182 valence electrons. The highest BCUT2D eigenvalue weighted by Crippen LogP contribution is 2.65. The van der Waals surface area contributed by atoms with Crippen LogP contribution in [0.15, 0.2) is 36.9 Å². The molecule has 0 saturated heterocycles. The normalized spacial score (nSPS) is 27.4. The number of nitrogen functional groups attached to an aromatic ring is 1. The van der Waals surface area contributed by atoms with Crippen LogP contribution in [0, 0.1) is 5.92 Å². The second-order valence-electron chi connectivity index (χ2n) is 9.06. The Morgan fingerprint density at radius 2 is 2.00 bits per heavy atom. The van der Waals surface area contributed by atoms with Crippen molar-refractivity contribution in [3.05, 3.63) is 42.5 Å². The molecule has 1 aromatic carbocycles. The number of nitrogens with two attached hydrogens (primary N) is 1. The largest absolute Gasteiger partial charge is 0.497 e. The lowest BCUT2D eigenvalue weighted by Gasteiger charge is -2.25. The van der Waals surface area contributed by atoms with Gasteiger partial charge in [0.1, 0.15) is 23.9 Å². The first-order valence-corrected chi connectivity index (χ1v) is 13.6. The maximum atomic E-state index is 12.7. The second-order valence-corrected chi connectivity index (χ2v) is 11.6. The molecule has 2 fully saturated rings. The van der Waals surface area contributed by atoms with Crippen molar-refractivity contribution < 1.29 is 23.3 Å². The minimum Gasteiger partial charge on any atom is -0.497 e. The van der Waals surface area contributed by atoms with Gasteiger partial charge in [-0.2, -0.15) is 0 Å². The van der Waals surface area contributed by atoms with E-state index in [-0.39, 0.29) is 24.4 Å². The van der Waals surface area contributed by atoms with Gasteiger partial charge in [0.2, 0.25) is 7.37 Å². The predicted octanol–water partition coefficient (Wildman–Crippen LogP) is 3.62. The number of nitrogens with zero attached hydrogens (tertiary/aromatic N) is 4. The Bertz CT molecular complexity index is 1220. The monoisotopic (exact) mass is 487 g/mol. The van der Waals surface area contributed by atoms with Crippen molar-refractivity contribution >= 4 is 24.4 Å². The zero-order valence-electron chi connectivity index (χ0n) is 19.6. The fraction of sp³-hybridized carbons (Fsp3) is 0.522. The van der Waals surface area contributed by atoms with Crippen LogP contribution < -0.4 is 10.5 Å². The Labute approximate surface area is 198 Å². The molecule has 11 heteroatoms. The van der Waals surface area contributed by atoms with Crippen LogP contribution in [0.2, 0.25) is 0 Å². The molecule has 0 spiro atoms. The highest BCUT2D eigenvalue weighted by atomic mass is 31.2. The van der Waals surface area contributed by atoms with Crippen molar-refractivity contribution in [1.29, 1.82) is 0 Å². The minimum absolute atomic E-state index is 0.0408. The standard InChI is InChI=1S/C23H30N5O5P/c1-4-33-34(3,29)14-32-23-9-17(23)20(28-13-27-19-21(24)25-12-26-22(19)28)18(10-23)31-11-15-5-7-16(30-2)8-6-15/h5-8,12-13,17-18,20H,4,9-11,14H2,1-3H3,(H2,24,25,26)/t17-,18+,20-,23-,34?/m1/s1. The van der Waals surface area contributed by atoms with Crippen molar-refractivity contribution in [1.82, 2.24) is 19.5 Å². The van der Waals surface area contributed by atoms with Crippen molar-refractivity contribution in [3.63, 3.8) is 0 Å². The predicted molar refractivity (Wildman–Crippen MR) is 127 cm³/mol. The Hall–Kier alpha value is -2.52. The van der Waals surface area contributed by atoms with E-state index >= 15 is 0 Å². The van der Waals surface area contributed by atoms with Crippen LogP contribution in [0.4, 0.5) is 5.82 Å². The van der Waals surface area contributed by atoms with Gasteiger partial charge in [0, 0.05) is 19.0 Å². The maximum Gasteiger partial charge on any atom is 0.225 e. The number of imidazole rings is 1. The van der Waals surface area contributed by atoms with Gasteiger partial charge in [-0.25, -0.2) is 15.0 Å². The molecule has 2 N–H and O–H groups in total. The van der Waals surface area contributed by atoms with Gasteiger partial charge in [0.05, 0.1) is 44.4 Å². The molecule has 10 nitrogen and oxygen atoms in total. The molecule has 3 aromatic rings. The summed E-state index contributed by atoms with van der Waals surface area (Å²) in [7, 11) is -1.16. The van der Waals surface area contributed by atoms with Crippen molar-refractivity contribution in [2.45, 2.75) is 44.1 Å². The molecule has 5 atom stereocenters. The van der Waals surface area contributed by atoms with E-state index in [1.165, 1.54) is 6.33 Å². The lowest BCUT2D eigenvalue weighted by molar-refractivity contribution is -0.0131. The van der Waals surface area contributed by atoms with Crippen LogP contribution in [0.5, 0.6) is 5.75 Å². The van der Waals surface area contributed by atoms with Gasteiger partial charge in [0.25, 0.3) is 0 Å². The van der Waals surface area contributed by atoms with E-state index in [9.17, 15) is 4.57 Å². The van der Waals surface area contributed by atoms with Crippen molar-refractivity contribution in [3.8, 4) is 5.75 Å². The molecular formula is C23H30N5O5P. The van der Waals surface area contributed by atoms with Gasteiger partial charge in [-0.1, -0.05) is 12.1 Å². The second kappa shape index (κ2) is 8.92. The summed E-state index contributed by atoms with van der Waals surface area (Å²) >= 11 is 0. The average molecular weight is 487 g/mol. The van der Waals surface area contributed by atoms with Crippen molar-refractivity contribution in [2.24, 2.45) is 5.92 Å². The summed E-state index contributed by atoms with van der Waals surface area (Å²) in [6.07, 6.45) is 4.69. The zero-order valence-corrected chi connectivity index (χ0v) is 20.5. The molecule has 0 radical (unpaired) electrons. The molecule has 0 amide bonds. The number of benzene rings is 1. The molecular weight excluding hydrogens is 457 g/mol. The van der Waals surface area contributed by atoms with E-state index in [2.05, 4.69) is 15.0 Å². The van der Waals surface area contributed by atoms with E-state index in [0.717, 1.165) is 17.7 Å². The minimum atomic E-state index is -2.81.